The molecule has 0 aliphatic heterocycles. The summed E-state index contributed by atoms with van der Waals surface area (Å²) in [6.45, 7) is 1.79. The number of aromatic nitrogens is 2. The summed E-state index contributed by atoms with van der Waals surface area (Å²) in [5, 5.41) is 0. The lowest BCUT2D eigenvalue weighted by molar-refractivity contribution is -0.142. The van der Waals surface area contributed by atoms with Crippen molar-refractivity contribution < 1.29 is 9.53 Å². The van der Waals surface area contributed by atoms with Crippen LogP contribution in [0.1, 0.15) is 18.5 Å². The maximum atomic E-state index is 11.6. The van der Waals surface area contributed by atoms with Gasteiger partial charge in [0.1, 0.15) is 0 Å². The van der Waals surface area contributed by atoms with E-state index in [1.807, 2.05) is 24.3 Å². The Hall–Kier alpha value is -2.23. The molecule has 2 aromatic heterocycles. The molecule has 18 heavy (non-hydrogen) atoms. The minimum Gasteiger partial charge on any atom is -0.469 e. The number of rotatable bonds is 3. The summed E-state index contributed by atoms with van der Waals surface area (Å²) in [5.74, 6) is -0.690. The average molecular weight is 242 g/mol. The van der Waals surface area contributed by atoms with Gasteiger partial charge in [0.2, 0.25) is 0 Å². The molecule has 0 bridgehead atoms. The molecule has 0 amide bonds. The van der Waals surface area contributed by atoms with Gasteiger partial charge in [-0.1, -0.05) is 12.1 Å². The number of nitrogens with zero attached hydrogens (tertiary/aromatic N) is 2. The van der Waals surface area contributed by atoms with Crippen molar-refractivity contribution >= 4 is 5.97 Å². The van der Waals surface area contributed by atoms with Gasteiger partial charge in [-0.2, -0.15) is 0 Å². The van der Waals surface area contributed by atoms with Crippen molar-refractivity contribution in [1.82, 2.24) is 9.97 Å². The smallest absolute Gasteiger partial charge is 0.314 e. The molecule has 0 aliphatic carbocycles. The molecule has 0 aromatic carbocycles. The lowest BCUT2D eigenvalue weighted by Gasteiger charge is -2.13. The first-order valence-corrected chi connectivity index (χ1v) is 5.67. The van der Waals surface area contributed by atoms with Crippen molar-refractivity contribution in [2.24, 2.45) is 0 Å². The third-order valence-electron chi connectivity index (χ3n) is 2.78. The Morgan fingerprint density at radius 2 is 2.06 bits per heavy atom. The Morgan fingerprint density at radius 3 is 2.72 bits per heavy atom. The Balaban J connectivity index is 2.47. The quantitative estimate of drug-likeness (QED) is 0.776. The number of hydrogen-bond donors (Lipinski definition) is 0. The van der Waals surface area contributed by atoms with E-state index in [9.17, 15) is 4.79 Å². The Morgan fingerprint density at radius 1 is 1.28 bits per heavy atom. The molecule has 2 rings (SSSR count). The highest BCUT2D eigenvalue weighted by atomic mass is 16.5. The molecule has 1 atom stereocenters. The molecule has 0 radical (unpaired) electrons. The van der Waals surface area contributed by atoms with Gasteiger partial charge in [-0.05, 0) is 19.1 Å². The molecule has 1 unspecified atom stereocenters. The van der Waals surface area contributed by atoms with E-state index < -0.39 is 5.92 Å². The molecule has 92 valence electrons. The molecule has 4 heteroatoms. The first-order chi connectivity index (χ1) is 8.74. The predicted molar refractivity (Wildman–Crippen MR) is 67.9 cm³/mol. The van der Waals surface area contributed by atoms with Crippen molar-refractivity contribution in [3.8, 4) is 11.1 Å². The fourth-order valence-corrected chi connectivity index (χ4v) is 1.82. The zero-order valence-electron chi connectivity index (χ0n) is 10.3. The highest BCUT2D eigenvalue weighted by Gasteiger charge is 2.20. The zero-order valence-corrected chi connectivity index (χ0v) is 10.3. The number of methoxy groups -OCH3 is 1. The minimum atomic E-state index is -0.397. The van der Waals surface area contributed by atoms with Gasteiger partial charge in [0.15, 0.2) is 0 Å². The molecule has 2 aromatic rings. The zero-order chi connectivity index (χ0) is 13.0. The predicted octanol–water partition coefficient (Wildman–Crippen LogP) is 2.42. The highest BCUT2D eigenvalue weighted by Crippen LogP contribution is 2.27. The lowest BCUT2D eigenvalue weighted by Crippen LogP contribution is -2.13. The summed E-state index contributed by atoms with van der Waals surface area (Å²) in [7, 11) is 1.38. The van der Waals surface area contributed by atoms with E-state index in [-0.39, 0.29) is 5.97 Å². The van der Waals surface area contributed by atoms with E-state index in [2.05, 4.69) is 9.97 Å². The van der Waals surface area contributed by atoms with Gasteiger partial charge < -0.3 is 4.74 Å². The molecular formula is C14H14N2O2. The van der Waals surface area contributed by atoms with E-state index in [0.717, 1.165) is 11.1 Å². The number of carbonyl (C=O) groups is 1. The topological polar surface area (TPSA) is 52.1 Å². The number of hydrogen-bond acceptors (Lipinski definition) is 4. The van der Waals surface area contributed by atoms with E-state index in [1.165, 1.54) is 7.11 Å². The van der Waals surface area contributed by atoms with Crippen molar-refractivity contribution in [2.45, 2.75) is 12.8 Å². The Kier molecular flexibility index (Phi) is 3.67. The SMILES string of the molecule is COC(=O)C(C)c1ncccc1-c1cccnc1. The summed E-state index contributed by atoms with van der Waals surface area (Å²) < 4.78 is 4.76. The van der Waals surface area contributed by atoms with Crippen molar-refractivity contribution in [2.75, 3.05) is 7.11 Å². The molecule has 0 N–H and O–H groups in total. The van der Waals surface area contributed by atoms with Gasteiger partial charge in [0.25, 0.3) is 0 Å². The van der Waals surface area contributed by atoms with E-state index in [1.54, 1.807) is 25.5 Å². The maximum absolute atomic E-state index is 11.6. The third-order valence-corrected chi connectivity index (χ3v) is 2.78. The Labute approximate surface area is 106 Å². The fourth-order valence-electron chi connectivity index (χ4n) is 1.82. The van der Waals surface area contributed by atoms with Gasteiger partial charge in [-0.15, -0.1) is 0 Å². The molecule has 0 spiro atoms. The van der Waals surface area contributed by atoms with E-state index in [0.29, 0.717) is 5.69 Å². The molecule has 2 heterocycles. The van der Waals surface area contributed by atoms with E-state index >= 15 is 0 Å². The van der Waals surface area contributed by atoms with Gasteiger partial charge in [-0.3, -0.25) is 14.8 Å². The van der Waals surface area contributed by atoms with Crippen molar-refractivity contribution in [3.63, 3.8) is 0 Å². The number of pyridine rings is 2. The van der Waals surface area contributed by atoms with Gasteiger partial charge >= 0.3 is 5.97 Å². The second-order valence-corrected chi connectivity index (χ2v) is 3.92. The molecular weight excluding hydrogens is 228 g/mol. The minimum absolute atomic E-state index is 0.293. The normalized spacial score (nSPS) is 11.9. The van der Waals surface area contributed by atoms with Crippen LogP contribution in [0.15, 0.2) is 42.9 Å². The molecule has 4 nitrogen and oxygen atoms in total. The number of esters is 1. The van der Waals surface area contributed by atoms with Crippen LogP contribution in [0.25, 0.3) is 11.1 Å². The largest absolute Gasteiger partial charge is 0.469 e. The Bertz CT molecular complexity index is 541. The van der Waals surface area contributed by atoms with Crippen LogP contribution in [0.2, 0.25) is 0 Å². The van der Waals surface area contributed by atoms with E-state index in [4.69, 9.17) is 4.74 Å². The lowest BCUT2D eigenvalue weighted by atomic mass is 9.98. The van der Waals surface area contributed by atoms with Crippen LogP contribution in [0.3, 0.4) is 0 Å². The first kappa shape index (κ1) is 12.2. The van der Waals surface area contributed by atoms with Gasteiger partial charge in [0, 0.05) is 29.7 Å². The fraction of sp³-hybridized carbons (Fsp3) is 0.214. The van der Waals surface area contributed by atoms with Crippen LogP contribution in [0, 0.1) is 0 Å². The van der Waals surface area contributed by atoms with Crippen molar-refractivity contribution in [1.29, 1.82) is 0 Å². The summed E-state index contributed by atoms with van der Waals surface area (Å²) >= 11 is 0. The van der Waals surface area contributed by atoms with Crippen LogP contribution < -0.4 is 0 Å². The molecule has 0 aliphatic rings. The van der Waals surface area contributed by atoms with Gasteiger partial charge in [0.05, 0.1) is 18.7 Å². The second-order valence-electron chi connectivity index (χ2n) is 3.92. The van der Waals surface area contributed by atoms with Crippen LogP contribution in [0.4, 0.5) is 0 Å². The maximum Gasteiger partial charge on any atom is 0.314 e. The van der Waals surface area contributed by atoms with Crippen LogP contribution in [-0.2, 0) is 9.53 Å². The van der Waals surface area contributed by atoms with Crippen LogP contribution in [0.5, 0.6) is 0 Å². The second kappa shape index (κ2) is 5.40. The molecule has 0 fully saturated rings. The monoisotopic (exact) mass is 242 g/mol. The summed E-state index contributed by atoms with van der Waals surface area (Å²) in [4.78, 5) is 20.0. The summed E-state index contributed by atoms with van der Waals surface area (Å²) in [6, 6.07) is 7.57. The summed E-state index contributed by atoms with van der Waals surface area (Å²) in [5.41, 5.74) is 2.55. The standard InChI is InChI=1S/C14H14N2O2/c1-10(14(17)18-2)13-12(6-4-8-16-13)11-5-3-7-15-9-11/h3-10H,1-2H3. The third kappa shape index (κ3) is 2.37. The van der Waals surface area contributed by atoms with Crippen LogP contribution in [-0.4, -0.2) is 23.0 Å². The summed E-state index contributed by atoms with van der Waals surface area (Å²) in [6.07, 6.45) is 5.14. The number of carbonyl (C=O) groups excluding carboxylic acids is 1. The highest BCUT2D eigenvalue weighted by molar-refractivity contribution is 5.80. The number of ether oxygens (including phenoxy) is 1. The van der Waals surface area contributed by atoms with Crippen molar-refractivity contribution in [3.05, 3.63) is 48.5 Å². The van der Waals surface area contributed by atoms with Crippen LogP contribution >= 0.6 is 0 Å². The first-order valence-electron chi connectivity index (χ1n) is 5.67. The average Bonchev–Trinajstić information content (AvgIpc) is 2.46. The molecule has 0 saturated carbocycles. The molecule has 0 saturated heterocycles. The van der Waals surface area contributed by atoms with Gasteiger partial charge in [-0.25, -0.2) is 0 Å².